The maximum Gasteiger partial charge on any atom is 0.145 e. The van der Waals surface area contributed by atoms with E-state index in [2.05, 4.69) is 69.2 Å². The van der Waals surface area contributed by atoms with Crippen LogP contribution in [0.5, 0.6) is 0 Å². The molecule has 1 atom stereocenters. The molecule has 0 N–H and O–H groups in total. The average molecular weight is 390 g/mol. The molecule has 0 amide bonds. The van der Waals surface area contributed by atoms with Gasteiger partial charge in [0.2, 0.25) is 0 Å². The van der Waals surface area contributed by atoms with Crippen LogP contribution in [0.4, 0.5) is 5.82 Å². The van der Waals surface area contributed by atoms with Crippen molar-refractivity contribution in [2.45, 2.75) is 51.7 Å². The monoisotopic (exact) mass is 389 g/mol. The van der Waals surface area contributed by atoms with Gasteiger partial charge in [-0.2, -0.15) is 0 Å². The normalized spacial score (nSPS) is 24.4. The smallest absolute Gasteiger partial charge is 0.145 e. The van der Waals surface area contributed by atoms with E-state index in [1.807, 2.05) is 6.92 Å². The molecule has 0 radical (unpaired) electrons. The fourth-order valence-electron chi connectivity index (χ4n) is 5.30. The Hall–Kier alpha value is -2.24. The first-order valence-corrected chi connectivity index (χ1v) is 11.1. The predicted octanol–water partition coefficient (Wildman–Crippen LogP) is 4.10. The van der Waals surface area contributed by atoms with Crippen LogP contribution in [0.1, 0.15) is 38.4 Å². The van der Waals surface area contributed by atoms with E-state index in [0.717, 1.165) is 41.7 Å². The third-order valence-electron chi connectivity index (χ3n) is 6.72. The van der Waals surface area contributed by atoms with Gasteiger partial charge in [0, 0.05) is 30.7 Å². The molecular formula is C24H31N5. The summed E-state index contributed by atoms with van der Waals surface area (Å²) in [6.07, 6.45) is 12.1. The Balaban J connectivity index is 1.43. The number of anilines is 1. The Morgan fingerprint density at radius 3 is 2.45 bits per heavy atom. The minimum atomic E-state index is 0.234. The van der Waals surface area contributed by atoms with Gasteiger partial charge in [-0.25, -0.2) is 9.97 Å². The van der Waals surface area contributed by atoms with Crippen LogP contribution in [0, 0.1) is 6.92 Å². The fourth-order valence-corrected chi connectivity index (χ4v) is 5.30. The van der Waals surface area contributed by atoms with E-state index < -0.39 is 0 Å². The van der Waals surface area contributed by atoms with Crippen molar-refractivity contribution in [3.8, 4) is 0 Å². The average Bonchev–Trinajstić information content (AvgIpc) is 3.28. The summed E-state index contributed by atoms with van der Waals surface area (Å²) in [5.74, 6) is 1.84. The number of benzene rings is 1. The molecule has 2 fully saturated rings. The van der Waals surface area contributed by atoms with E-state index >= 15 is 0 Å². The molecular weight excluding hydrogens is 358 g/mol. The Morgan fingerprint density at radius 2 is 1.66 bits per heavy atom. The first kappa shape index (κ1) is 18.8. The number of hydrogen-bond donors (Lipinski definition) is 0. The number of hydrogen-bond acceptors (Lipinski definition) is 5. The number of para-hydroxylation sites is 1. The molecule has 3 aliphatic rings. The van der Waals surface area contributed by atoms with E-state index in [-0.39, 0.29) is 6.17 Å². The highest BCUT2D eigenvalue weighted by Gasteiger charge is 2.34. The lowest BCUT2D eigenvalue weighted by molar-refractivity contribution is 0.107. The van der Waals surface area contributed by atoms with Crippen molar-refractivity contribution in [2.24, 2.45) is 0 Å². The second-order valence-electron chi connectivity index (χ2n) is 8.65. The minimum Gasteiger partial charge on any atom is -0.312 e. The summed E-state index contributed by atoms with van der Waals surface area (Å²) in [5, 5.41) is 1.12. The van der Waals surface area contributed by atoms with Crippen molar-refractivity contribution in [1.82, 2.24) is 19.8 Å². The number of likely N-dealkylation sites (tertiary alicyclic amines) is 2. The topological polar surface area (TPSA) is 35.5 Å². The largest absolute Gasteiger partial charge is 0.312 e. The maximum absolute atomic E-state index is 4.88. The number of aryl methyl sites for hydroxylation is 1. The summed E-state index contributed by atoms with van der Waals surface area (Å²) < 4.78 is 0. The van der Waals surface area contributed by atoms with E-state index in [4.69, 9.17) is 4.98 Å². The number of allylic oxidation sites excluding steroid dienone is 2. The zero-order valence-electron chi connectivity index (χ0n) is 17.6. The Bertz CT molecular complexity index is 935. The van der Waals surface area contributed by atoms with Gasteiger partial charge in [-0.15, -0.1) is 0 Å². The van der Waals surface area contributed by atoms with E-state index in [1.54, 1.807) is 0 Å². The van der Waals surface area contributed by atoms with Crippen molar-refractivity contribution >= 4 is 16.7 Å². The van der Waals surface area contributed by atoms with Crippen LogP contribution in [0.15, 0.2) is 48.2 Å². The molecule has 3 aliphatic heterocycles. The van der Waals surface area contributed by atoms with Crippen molar-refractivity contribution < 1.29 is 0 Å². The van der Waals surface area contributed by atoms with Crippen molar-refractivity contribution in [3.63, 3.8) is 0 Å². The lowest BCUT2D eigenvalue weighted by Crippen LogP contribution is -2.53. The van der Waals surface area contributed by atoms with Crippen molar-refractivity contribution in [3.05, 3.63) is 54.0 Å². The summed E-state index contributed by atoms with van der Waals surface area (Å²) in [4.78, 5) is 17.3. The summed E-state index contributed by atoms with van der Waals surface area (Å²) >= 11 is 0. The van der Waals surface area contributed by atoms with Crippen LogP contribution in [-0.4, -0.2) is 58.2 Å². The third-order valence-corrected chi connectivity index (χ3v) is 6.72. The van der Waals surface area contributed by atoms with Gasteiger partial charge in [-0.3, -0.25) is 4.90 Å². The highest BCUT2D eigenvalue weighted by atomic mass is 15.4. The molecule has 2 aromatic rings. The zero-order chi connectivity index (χ0) is 19.8. The highest BCUT2D eigenvalue weighted by Crippen LogP contribution is 2.33. The molecule has 1 aromatic carbocycles. The second-order valence-corrected chi connectivity index (χ2v) is 8.65. The Kier molecular flexibility index (Phi) is 5.10. The zero-order valence-corrected chi connectivity index (χ0v) is 17.6. The maximum atomic E-state index is 4.88. The summed E-state index contributed by atoms with van der Waals surface area (Å²) in [7, 11) is 0. The van der Waals surface area contributed by atoms with Gasteiger partial charge in [0.1, 0.15) is 17.8 Å². The fraction of sp³-hybridized carbons (Fsp3) is 0.500. The quantitative estimate of drug-likeness (QED) is 0.790. The van der Waals surface area contributed by atoms with Crippen LogP contribution in [0.3, 0.4) is 0 Å². The number of nitrogens with zero attached hydrogens (tertiary/aromatic N) is 5. The summed E-state index contributed by atoms with van der Waals surface area (Å²) in [6, 6.07) is 9.13. The van der Waals surface area contributed by atoms with Crippen LogP contribution in [0.25, 0.3) is 10.9 Å². The highest BCUT2D eigenvalue weighted by molar-refractivity contribution is 5.90. The standard InChI is InChI=1S/C24H31N5/c1-18-8-7-15-29(23-21-9-3-4-10-22(21)25-19(2)26-23)24(18)28-16-11-20(12-17-28)27-13-5-6-14-27/h3-4,7-10,15,20,24H,5-6,11-14,16-17H2,1-2H3. The van der Waals surface area contributed by atoms with Crippen LogP contribution in [-0.2, 0) is 0 Å². The Morgan fingerprint density at radius 1 is 0.897 bits per heavy atom. The molecule has 1 aromatic heterocycles. The molecule has 1 unspecified atom stereocenters. The number of piperidine rings is 1. The van der Waals surface area contributed by atoms with Gasteiger partial charge < -0.3 is 9.80 Å². The molecule has 152 valence electrons. The predicted molar refractivity (Wildman–Crippen MR) is 119 cm³/mol. The van der Waals surface area contributed by atoms with Crippen LogP contribution < -0.4 is 4.90 Å². The lowest BCUT2D eigenvalue weighted by Gasteiger charge is -2.45. The SMILES string of the molecule is CC1=CC=CN(c2nc(C)nc3ccccc23)C1N1CCC(N2CCCC2)CC1. The molecule has 4 heterocycles. The van der Waals surface area contributed by atoms with Gasteiger partial charge >= 0.3 is 0 Å². The number of aromatic nitrogens is 2. The van der Waals surface area contributed by atoms with E-state index in [1.165, 1.54) is 44.3 Å². The van der Waals surface area contributed by atoms with Gasteiger partial charge in [0.25, 0.3) is 0 Å². The molecule has 0 bridgehead atoms. The van der Waals surface area contributed by atoms with E-state index in [9.17, 15) is 0 Å². The van der Waals surface area contributed by atoms with E-state index in [0.29, 0.717) is 0 Å². The molecule has 5 heteroatoms. The number of rotatable bonds is 3. The van der Waals surface area contributed by atoms with Crippen LogP contribution >= 0.6 is 0 Å². The molecule has 2 saturated heterocycles. The van der Waals surface area contributed by atoms with Crippen LogP contribution in [0.2, 0.25) is 0 Å². The Labute approximate surface area is 173 Å². The lowest BCUT2D eigenvalue weighted by atomic mass is 10.00. The molecule has 29 heavy (non-hydrogen) atoms. The van der Waals surface area contributed by atoms with Gasteiger partial charge in [-0.1, -0.05) is 18.2 Å². The molecule has 0 spiro atoms. The molecule has 5 nitrogen and oxygen atoms in total. The van der Waals surface area contributed by atoms with Gasteiger partial charge in [-0.05, 0) is 76.4 Å². The molecule has 5 rings (SSSR count). The minimum absolute atomic E-state index is 0.234. The molecule has 0 saturated carbocycles. The molecule has 0 aliphatic carbocycles. The van der Waals surface area contributed by atoms with Crippen molar-refractivity contribution in [1.29, 1.82) is 0 Å². The first-order chi connectivity index (χ1) is 14.2. The summed E-state index contributed by atoms with van der Waals surface area (Å²) in [5.41, 5.74) is 2.40. The first-order valence-electron chi connectivity index (χ1n) is 11.1. The number of fused-ring (bicyclic) bond motifs is 1. The summed E-state index contributed by atoms with van der Waals surface area (Å²) in [6.45, 7) is 9.13. The third kappa shape index (κ3) is 3.58. The van der Waals surface area contributed by atoms with Crippen molar-refractivity contribution in [2.75, 3.05) is 31.1 Å². The second kappa shape index (κ2) is 7.88. The van der Waals surface area contributed by atoms with Gasteiger partial charge in [0.15, 0.2) is 0 Å². The van der Waals surface area contributed by atoms with Gasteiger partial charge in [0.05, 0.1) is 5.52 Å².